The fourth-order valence-corrected chi connectivity index (χ4v) is 2.67. The number of nitrogens with two attached hydrogens (primary N) is 1. The molecule has 17 heavy (non-hydrogen) atoms. The van der Waals surface area contributed by atoms with Crippen LogP contribution in [0.25, 0.3) is 0 Å². The molecule has 0 saturated heterocycles. The normalized spacial score (nSPS) is 21.7. The van der Waals surface area contributed by atoms with E-state index in [-0.39, 0.29) is 12.1 Å². The van der Waals surface area contributed by atoms with Gasteiger partial charge in [0.25, 0.3) is 0 Å². The van der Waals surface area contributed by atoms with Crippen LogP contribution in [0.5, 0.6) is 0 Å². The van der Waals surface area contributed by atoms with Gasteiger partial charge in [-0.25, -0.2) is 0 Å². The summed E-state index contributed by atoms with van der Waals surface area (Å²) in [5.74, 6) is 0. The molecule has 1 aliphatic carbocycles. The average Bonchev–Trinajstić information content (AvgIpc) is 2.35. The monoisotopic (exact) mass is 242 g/mol. The van der Waals surface area contributed by atoms with Crippen LogP contribution in [0, 0.1) is 0 Å². The summed E-state index contributed by atoms with van der Waals surface area (Å²) in [5.41, 5.74) is 5.53. The maximum atomic E-state index is 9.07. The molecular formula is C14H30N2O. The Kier molecular flexibility index (Phi) is 6.45. The first-order chi connectivity index (χ1) is 8.05. The van der Waals surface area contributed by atoms with Gasteiger partial charge in [0.2, 0.25) is 0 Å². The number of aliphatic hydroxyl groups is 1. The molecule has 0 heterocycles. The van der Waals surface area contributed by atoms with Gasteiger partial charge in [0.1, 0.15) is 0 Å². The van der Waals surface area contributed by atoms with Gasteiger partial charge in [0, 0.05) is 11.6 Å². The summed E-state index contributed by atoms with van der Waals surface area (Å²) in [6.07, 6.45) is 10.2. The first kappa shape index (κ1) is 14.9. The minimum absolute atomic E-state index is 0.0888. The molecule has 0 amide bonds. The van der Waals surface area contributed by atoms with Crippen molar-refractivity contribution >= 4 is 0 Å². The molecule has 0 bridgehead atoms. The van der Waals surface area contributed by atoms with E-state index in [9.17, 15) is 0 Å². The third kappa shape index (κ3) is 5.84. The van der Waals surface area contributed by atoms with Crippen LogP contribution in [-0.4, -0.2) is 41.8 Å². The molecule has 1 atom stereocenters. The first-order valence-corrected chi connectivity index (χ1v) is 7.15. The highest BCUT2D eigenvalue weighted by atomic mass is 16.3. The Hall–Kier alpha value is -0.120. The van der Waals surface area contributed by atoms with E-state index in [2.05, 4.69) is 11.9 Å². The van der Waals surface area contributed by atoms with Crippen molar-refractivity contribution in [2.45, 2.75) is 69.9 Å². The highest BCUT2D eigenvalue weighted by molar-refractivity contribution is 4.78. The van der Waals surface area contributed by atoms with Gasteiger partial charge in [-0.2, -0.15) is 0 Å². The molecule has 0 radical (unpaired) electrons. The molecule has 1 fully saturated rings. The van der Waals surface area contributed by atoms with E-state index in [4.69, 9.17) is 10.8 Å². The summed E-state index contributed by atoms with van der Waals surface area (Å²) in [4.78, 5) is 2.52. The Balaban J connectivity index is 2.09. The third-order valence-corrected chi connectivity index (χ3v) is 4.07. The van der Waals surface area contributed by atoms with Crippen molar-refractivity contribution in [3.63, 3.8) is 0 Å². The summed E-state index contributed by atoms with van der Waals surface area (Å²) in [6, 6.07) is 0.811. The SMILES string of the molecule is CN(CCCCC(C)(N)CO)C1CCCCC1. The summed E-state index contributed by atoms with van der Waals surface area (Å²) >= 11 is 0. The molecule has 1 unspecified atom stereocenters. The maximum absolute atomic E-state index is 9.07. The van der Waals surface area contributed by atoms with E-state index in [0.29, 0.717) is 0 Å². The lowest BCUT2D eigenvalue weighted by molar-refractivity contribution is 0.177. The highest BCUT2D eigenvalue weighted by Gasteiger charge is 2.19. The molecule has 1 aliphatic rings. The number of hydrogen-bond acceptors (Lipinski definition) is 3. The third-order valence-electron chi connectivity index (χ3n) is 4.07. The second kappa shape index (κ2) is 7.34. The van der Waals surface area contributed by atoms with Gasteiger partial charge in [0.15, 0.2) is 0 Å². The minimum atomic E-state index is -0.386. The highest BCUT2D eigenvalue weighted by Crippen LogP contribution is 2.22. The zero-order chi connectivity index (χ0) is 12.7. The van der Waals surface area contributed by atoms with Gasteiger partial charge in [-0.15, -0.1) is 0 Å². The van der Waals surface area contributed by atoms with Gasteiger partial charge < -0.3 is 15.7 Å². The van der Waals surface area contributed by atoms with Crippen LogP contribution >= 0.6 is 0 Å². The van der Waals surface area contributed by atoms with Crippen molar-refractivity contribution in [2.24, 2.45) is 5.73 Å². The molecule has 3 heteroatoms. The summed E-state index contributed by atoms with van der Waals surface area (Å²) in [6.45, 7) is 3.19. The number of aliphatic hydroxyl groups excluding tert-OH is 1. The topological polar surface area (TPSA) is 49.5 Å². The Morgan fingerprint density at radius 2 is 1.88 bits per heavy atom. The van der Waals surface area contributed by atoms with Gasteiger partial charge in [-0.1, -0.05) is 25.7 Å². The molecule has 0 aromatic heterocycles. The fourth-order valence-electron chi connectivity index (χ4n) is 2.67. The van der Waals surface area contributed by atoms with E-state index in [1.807, 2.05) is 6.92 Å². The summed E-state index contributed by atoms with van der Waals surface area (Å²) in [7, 11) is 2.25. The molecule has 3 nitrogen and oxygen atoms in total. The van der Waals surface area contributed by atoms with E-state index in [0.717, 1.165) is 18.9 Å². The lowest BCUT2D eigenvalue weighted by Crippen LogP contribution is -2.40. The summed E-state index contributed by atoms with van der Waals surface area (Å²) < 4.78 is 0. The van der Waals surface area contributed by atoms with E-state index < -0.39 is 0 Å². The van der Waals surface area contributed by atoms with Gasteiger partial charge in [-0.3, -0.25) is 0 Å². The van der Waals surface area contributed by atoms with Crippen molar-refractivity contribution < 1.29 is 5.11 Å². The number of rotatable bonds is 7. The minimum Gasteiger partial charge on any atom is -0.394 e. The zero-order valence-electron chi connectivity index (χ0n) is 11.6. The van der Waals surface area contributed by atoms with Gasteiger partial charge in [-0.05, 0) is 46.2 Å². The summed E-state index contributed by atoms with van der Waals surface area (Å²) in [5, 5.41) is 9.07. The average molecular weight is 242 g/mol. The van der Waals surface area contributed by atoms with Crippen LogP contribution in [0.3, 0.4) is 0 Å². The Morgan fingerprint density at radius 1 is 1.24 bits per heavy atom. The van der Waals surface area contributed by atoms with E-state index in [1.165, 1.54) is 45.1 Å². The molecule has 0 spiro atoms. The van der Waals surface area contributed by atoms with Crippen LogP contribution < -0.4 is 5.73 Å². The van der Waals surface area contributed by atoms with Crippen LogP contribution in [0.2, 0.25) is 0 Å². The Morgan fingerprint density at radius 3 is 2.47 bits per heavy atom. The molecule has 102 valence electrons. The van der Waals surface area contributed by atoms with Crippen molar-refractivity contribution in [1.29, 1.82) is 0 Å². The first-order valence-electron chi connectivity index (χ1n) is 7.15. The molecule has 1 rings (SSSR count). The molecule has 1 saturated carbocycles. The predicted octanol–water partition coefficient (Wildman–Crippen LogP) is 2.13. The van der Waals surface area contributed by atoms with Crippen molar-refractivity contribution in [3.8, 4) is 0 Å². The van der Waals surface area contributed by atoms with Gasteiger partial charge >= 0.3 is 0 Å². The Bertz CT molecular complexity index is 200. The van der Waals surface area contributed by atoms with Crippen molar-refractivity contribution in [2.75, 3.05) is 20.2 Å². The van der Waals surface area contributed by atoms with E-state index in [1.54, 1.807) is 0 Å². The zero-order valence-corrected chi connectivity index (χ0v) is 11.6. The maximum Gasteiger partial charge on any atom is 0.0608 e. The molecule has 0 aromatic carbocycles. The van der Waals surface area contributed by atoms with Crippen LogP contribution in [0.1, 0.15) is 58.3 Å². The molecule has 0 aliphatic heterocycles. The number of hydrogen-bond donors (Lipinski definition) is 2. The van der Waals surface area contributed by atoms with Crippen LogP contribution in [0.4, 0.5) is 0 Å². The van der Waals surface area contributed by atoms with Crippen LogP contribution in [-0.2, 0) is 0 Å². The van der Waals surface area contributed by atoms with Crippen LogP contribution in [0.15, 0.2) is 0 Å². The number of nitrogens with zero attached hydrogens (tertiary/aromatic N) is 1. The van der Waals surface area contributed by atoms with Crippen molar-refractivity contribution in [1.82, 2.24) is 4.90 Å². The van der Waals surface area contributed by atoms with Gasteiger partial charge in [0.05, 0.1) is 6.61 Å². The molecule has 0 aromatic rings. The second-order valence-electron chi connectivity index (χ2n) is 6.04. The predicted molar refractivity (Wildman–Crippen MR) is 73.0 cm³/mol. The smallest absolute Gasteiger partial charge is 0.0608 e. The molecule has 3 N–H and O–H groups in total. The lowest BCUT2D eigenvalue weighted by Gasteiger charge is -2.31. The van der Waals surface area contributed by atoms with Crippen molar-refractivity contribution in [3.05, 3.63) is 0 Å². The fraction of sp³-hybridized carbons (Fsp3) is 1.00. The number of unbranched alkanes of at least 4 members (excludes halogenated alkanes) is 1. The quantitative estimate of drug-likeness (QED) is 0.672. The largest absolute Gasteiger partial charge is 0.394 e. The second-order valence-corrected chi connectivity index (χ2v) is 6.04. The van der Waals surface area contributed by atoms with E-state index >= 15 is 0 Å². The lowest BCUT2D eigenvalue weighted by atomic mass is 9.94. The standard InChI is InChI=1S/C14H30N2O/c1-14(15,12-17)10-6-7-11-16(2)13-8-4-3-5-9-13/h13,17H,3-12,15H2,1-2H3. The Labute approximate surface area is 106 Å². The molecular weight excluding hydrogens is 212 g/mol.